The molecule has 3 heteroatoms. The predicted octanol–water partition coefficient (Wildman–Crippen LogP) is 3.71. The SMILES string of the molecule is CCc1ccc(/C=N\N2CCN(c3ccc(C)cc3)CC2)cc1. The number of rotatable bonds is 4. The number of aryl methyl sites for hydroxylation is 2. The van der Waals surface area contributed by atoms with Crippen molar-refractivity contribution in [2.75, 3.05) is 31.1 Å². The largest absolute Gasteiger partial charge is 0.368 e. The van der Waals surface area contributed by atoms with Crippen LogP contribution in [0.2, 0.25) is 0 Å². The lowest BCUT2D eigenvalue weighted by molar-refractivity contribution is 0.272. The van der Waals surface area contributed by atoms with Gasteiger partial charge in [-0.1, -0.05) is 48.9 Å². The van der Waals surface area contributed by atoms with Crippen molar-refractivity contribution in [3.63, 3.8) is 0 Å². The number of benzene rings is 2. The average Bonchev–Trinajstić information content (AvgIpc) is 2.61. The van der Waals surface area contributed by atoms with Crippen molar-refractivity contribution < 1.29 is 0 Å². The zero-order valence-electron chi connectivity index (χ0n) is 14.1. The lowest BCUT2D eigenvalue weighted by Gasteiger charge is -2.34. The zero-order valence-corrected chi connectivity index (χ0v) is 14.1. The first kappa shape index (κ1) is 15.6. The summed E-state index contributed by atoms with van der Waals surface area (Å²) < 4.78 is 0. The third-order valence-corrected chi connectivity index (χ3v) is 4.41. The summed E-state index contributed by atoms with van der Waals surface area (Å²) in [6.07, 6.45) is 3.05. The second-order valence-electron chi connectivity index (χ2n) is 6.12. The molecule has 1 fully saturated rings. The van der Waals surface area contributed by atoms with E-state index in [0.717, 1.165) is 32.6 Å². The number of hydrazone groups is 1. The van der Waals surface area contributed by atoms with E-state index in [2.05, 4.69) is 77.4 Å². The summed E-state index contributed by atoms with van der Waals surface area (Å²) in [5, 5.41) is 6.80. The van der Waals surface area contributed by atoms with Gasteiger partial charge in [-0.25, -0.2) is 0 Å². The van der Waals surface area contributed by atoms with Crippen LogP contribution in [0, 0.1) is 6.92 Å². The molecule has 23 heavy (non-hydrogen) atoms. The number of piperazine rings is 1. The van der Waals surface area contributed by atoms with Crippen molar-refractivity contribution >= 4 is 11.9 Å². The minimum Gasteiger partial charge on any atom is -0.368 e. The zero-order chi connectivity index (χ0) is 16.1. The van der Waals surface area contributed by atoms with Crippen LogP contribution in [0.5, 0.6) is 0 Å². The Labute approximate surface area is 139 Å². The van der Waals surface area contributed by atoms with Gasteiger partial charge in [-0.15, -0.1) is 0 Å². The third-order valence-electron chi connectivity index (χ3n) is 4.41. The molecule has 0 N–H and O–H groups in total. The van der Waals surface area contributed by atoms with E-state index in [9.17, 15) is 0 Å². The lowest BCUT2D eigenvalue weighted by atomic mass is 10.1. The Morgan fingerprint density at radius 1 is 0.913 bits per heavy atom. The number of hydrogen-bond donors (Lipinski definition) is 0. The van der Waals surface area contributed by atoms with Gasteiger partial charge in [0.25, 0.3) is 0 Å². The minimum absolute atomic E-state index is 0.970. The average molecular weight is 307 g/mol. The molecule has 1 saturated heterocycles. The molecule has 120 valence electrons. The molecular weight excluding hydrogens is 282 g/mol. The molecule has 0 aliphatic carbocycles. The van der Waals surface area contributed by atoms with Gasteiger partial charge in [-0.05, 0) is 36.6 Å². The molecule has 1 heterocycles. The molecule has 3 nitrogen and oxygen atoms in total. The normalized spacial score (nSPS) is 15.4. The van der Waals surface area contributed by atoms with Crippen molar-refractivity contribution in [3.05, 3.63) is 65.2 Å². The van der Waals surface area contributed by atoms with E-state index in [-0.39, 0.29) is 0 Å². The van der Waals surface area contributed by atoms with Crippen LogP contribution in [0.25, 0.3) is 0 Å². The van der Waals surface area contributed by atoms with Gasteiger partial charge >= 0.3 is 0 Å². The molecule has 0 bridgehead atoms. The molecule has 3 rings (SSSR count). The second kappa shape index (κ2) is 7.32. The molecule has 2 aromatic rings. The highest BCUT2D eigenvalue weighted by Gasteiger charge is 2.15. The van der Waals surface area contributed by atoms with E-state index in [4.69, 9.17) is 0 Å². The molecule has 1 aliphatic rings. The van der Waals surface area contributed by atoms with Gasteiger partial charge in [0, 0.05) is 18.8 Å². The number of anilines is 1. The standard InChI is InChI=1S/C20H25N3/c1-3-18-6-8-19(9-7-18)16-21-23-14-12-22(13-15-23)20-10-4-17(2)5-11-20/h4-11,16H,3,12-15H2,1-2H3/b21-16-. The summed E-state index contributed by atoms with van der Waals surface area (Å²) in [6.45, 7) is 8.29. The molecule has 1 aliphatic heterocycles. The topological polar surface area (TPSA) is 18.8 Å². The van der Waals surface area contributed by atoms with Crippen LogP contribution in [0.4, 0.5) is 5.69 Å². The van der Waals surface area contributed by atoms with E-state index < -0.39 is 0 Å². The quantitative estimate of drug-likeness (QED) is 0.802. The lowest BCUT2D eigenvalue weighted by Crippen LogP contribution is -2.44. The summed E-state index contributed by atoms with van der Waals surface area (Å²) >= 11 is 0. The van der Waals surface area contributed by atoms with Crippen molar-refractivity contribution in [1.82, 2.24) is 5.01 Å². The van der Waals surface area contributed by atoms with Gasteiger partial charge in [0.05, 0.1) is 19.3 Å². The molecule has 0 radical (unpaired) electrons. The second-order valence-corrected chi connectivity index (χ2v) is 6.12. The Balaban J connectivity index is 1.54. The van der Waals surface area contributed by atoms with Gasteiger partial charge in [-0.2, -0.15) is 5.10 Å². The highest BCUT2D eigenvalue weighted by Crippen LogP contribution is 2.17. The fourth-order valence-corrected chi connectivity index (χ4v) is 2.81. The van der Waals surface area contributed by atoms with Gasteiger partial charge in [-0.3, -0.25) is 5.01 Å². The van der Waals surface area contributed by atoms with Gasteiger partial charge in [0.15, 0.2) is 0 Å². The van der Waals surface area contributed by atoms with Gasteiger partial charge in [0.1, 0.15) is 0 Å². The highest BCUT2D eigenvalue weighted by atomic mass is 15.5. The predicted molar refractivity (Wildman–Crippen MR) is 98.4 cm³/mol. The fraction of sp³-hybridized carbons (Fsp3) is 0.350. The van der Waals surface area contributed by atoms with E-state index in [1.807, 2.05) is 6.21 Å². The van der Waals surface area contributed by atoms with E-state index in [1.165, 1.54) is 22.4 Å². The maximum Gasteiger partial charge on any atom is 0.0542 e. The Morgan fingerprint density at radius 3 is 2.17 bits per heavy atom. The van der Waals surface area contributed by atoms with Crippen LogP contribution in [-0.2, 0) is 6.42 Å². The summed E-state index contributed by atoms with van der Waals surface area (Å²) in [5.41, 5.74) is 5.16. The van der Waals surface area contributed by atoms with Crippen molar-refractivity contribution in [2.45, 2.75) is 20.3 Å². The minimum atomic E-state index is 0.970. The number of nitrogens with zero attached hydrogens (tertiary/aromatic N) is 3. The molecule has 0 amide bonds. The van der Waals surface area contributed by atoms with Gasteiger partial charge < -0.3 is 4.90 Å². The maximum atomic E-state index is 4.63. The molecule has 0 atom stereocenters. The fourth-order valence-electron chi connectivity index (χ4n) is 2.81. The summed E-state index contributed by atoms with van der Waals surface area (Å²) in [5.74, 6) is 0. The van der Waals surface area contributed by atoms with Crippen LogP contribution >= 0.6 is 0 Å². The van der Waals surface area contributed by atoms with Gasteiger partial charge in [0.2, 0.25) is 0 Å². The van der Waals surface area contributed by atoms with Crippen LogP contribution < -0.4 is 4.90 Å². The first-order chi connectivity index (χ1) is 11.2. The van der Waals surface area contributed by atoms with Crippen molar-refractivity contribution in [1.29, 1.82) is 0 Å². The van der Waals surface area contributed by atoms with Crippen LogP contribution in [0.15, 0.2) is 53.6 Å². The van der Waals surface area contributed by atoms with Crippen molar-refractivity contribution in [3.8, 4) is 0 Å². The Hall–Kier alpha value is -2.29. The summed E-state index contributed by atoms with van der Waals surface area (Å²) in [4.78, 5) is 2.43. The van der Waals surface area contributed by atoms with E-state index in [0.29, 0.717) is 0 Å². The van der Waals surface area contributed by atoms with E-state index >= 15 is 0 Å². The summed E-state index contributed by atoms with van der Waals surface area (Å²) in [7, 11) is 0. The van der Waals surface area contributed by atoms with Crippen molar-refractivity contribution in [2.24, 2.45) is 5.10 Å². The van der Waals surface area contributed by atoms with Crippen LogP contribution in [0.1, 0.15) is 23.6 Å². The number of hydrogen-bond acceptors (Lipinski definition) is 3. The highest BCUT2D eigenvalue weighted by molar-refractivity contribution is 5.79. The molecule has 0 aromatic heterocycles. The molecular formula is C20H25N3. The van der Waals surface area contributed by atoms with Crippen LogP contribution in [-0.4, -0.2) is 37.4 Å². The molecule has 2 aromatic carbocycles. The third kappa shape index (κ3) is 4.13. The Kier molecular flexibility index (Phi) is 4.96. The summed E-state index contributed by atoms with van der Waals surface area (Å²) in [6, 6.07) is 17.4. The monoisotopic (exact) mass is 307 g/mol. The first-order valence-electron chi connectivity index (χ1n) is 8.44. The maximum absolute atomic E-state index is 4.63. The van der Waals surface area contributed by atoms with Crippen LogP contribution in [0.3, 0.4) is 0 Å². The van der Waals surface area contributed by atoms with E-state index in [1.54, 1.807) is 0 Å². The Bertz CT molecular complexity index is 636. The molecule has 0 unspecified atom stereocenters. The smallest absolute Gasteiger partial charge is 0.0542 e. The Morgan fingerprint density at radius 2 is 1.57 bits per heavy atom. The first-order valence-corrected chi connectivity index (χ1v) is 8.44. The molecule has 0 saturated carbocycles. The molecule has 0 spiro atoms.